The van der Waals surface area contributed by atoms with Crippen LogP contribution in [0.2, 0.25) is 0 Å². The Morgan fingerprint density at radius 3 is 2.90 bits per heavy atom. The number of ether oxygens (including phenoxy) is 1. The standard InChI is InChI=1S/C16H17BrN2O/c17-15-4-1-3-13(7-15)9-19-10-14(11-19)12-20-16-5-2-6-18-8-16/h1-8,14H,9-12H2. The number of aromatic nitrogens is 1. The molecule has 0 spiro atoms. The van der Waals surface area contributed by atoms with Gasteiger partial charge in [-0.05, 0) is 29.8 Å². The Morgan fingerprint density at radius 2 is 2.15 bits per heavy atom. The first kappa shape index (κ1) is 13.6. The SMILES string of the molecule is Brc1cccc(CN2CC(COc3cccnc3)C2)c1. The van der Waals surface area contributed by atoms with Crippen molar-refractivity contribution in [2.24, 2.45) is 5.92 Å². The molecule has 0 radical (unpaired) electrons. The molecular weight excluding hydrogens is 316 g/mol. The first-order chi connectivity index (χ1) is 9.79. The number of hydrogen-bond acceptors (Lipinski definition) is 3. The van der Waals surface area contributed by atoms with E-state index in [4.69, 9.17) is 4.74 Å². The molecule has 2 aromatic rings. The normalized spacial score (nSPS) is 15.8. The van der Waals surface area contributed by atoms with E-state index in [1.165, 1.54) is 5.56 Å². The molecule has 1 aliphatic rings. The van der Waals surface area contributed by atoms with Crippen LogP contribution in [0.5, 0.6) is 5.75 Å². The third-order valence-corrected chi connectivity index (χ3v) is 3.94. The number of likely N-dealkylation sites (tertiary alicyclic amines) is 1. The summed E-state index contributed by atoms with van der Waals surface area (Å²) < 4.78 is 6.88. The van der Waals surface area contributed by atoms with Crippen LogP contribution in [0.4, 0.5) is 0 Å². The lowest BCUT2D eigenvalue weighted by Crippen LogP contribution is -2.48. The van der Waals surface area contributed by atoms with Crippen LogP contribution in [-0.4, -0.2) is 29.6 Å². The van der Waals surface area contributed by atoms with Crippen LogP contribution < -0.4 is 4.74 Å². The summed E-state index contributed by atoms with van der Waals surface area (Å²) in [4.78, 5) is 6.49. The van der Waals surface area contributed by atoms with Crippen LogP contribution in [0.15, 0.2) is 53.3 Å². The van der Waals surface area contributed by atoms with Crippen LogP contribution in [-0.2, 0) is 6.54 Å². The second kappa shape index (κ2) is 6.37. The van der Waals surface area contributed by atoms with Gasteiger partial charge in [0.05, 0.1) is 12.8 Å². The van der Waals surface area contributed by atoms with Crippen LogP contribution in [0, 0.1) is 5.92 Å². The zero-order valence-corrected chi connectivity index (χ0v) is 12.8. The molecule has 0 aliphatic carbocycles. The Balaban J connectivity index is 1.41. The molecule has 1 aromatic carbocycles. The van der Waals surface area contributed by atoms with E-state index in [1.807, 2.05) is 12.1 Å². The van der Waals surface area contributed by atoms with Crippen molar-refractivity contribution in [3.05, 3.63) is 58.8 Å². The number of rotatable bonds is 5. The van der Waals surface area contributed by atoms with E-state index in [0.29, 0.717) is 5.92 Å². The Hall–Kier alpha value is -1.39. The van der Waals surface area contributed by atoms with Crippen molar-refractivity contribution in [1.82, 2.24) is 9.88 Å². The fourth-order valence-electron chi connectivity index (χ4n) is 2.45. The van der Waals surface area contributed by atoms with Crippen molar-refractivity contribution in [1.29, 1.82) is 0 Å². The van der Waals surface area contributed by atoms with Crippen molar-refractivity contribution in [3.63, 3.8) is 0 Å². The maximum atomic E-state index is 5.73. The van der Waals surface area contributed by atoms with E-state index in [-0.39, 0.29) is 0 Å². The minimum Gasteiger partial charge on any atom is -0.492 e. The number of benzene rings is 1. The highest BCUT2D eigenvalue weighted by Gasteiger charge is 2.27. The van der Waals surface area contributed by atoms with Gasteiger partial charge in [0.1, 0.15) is 5.75 Å². The lowest BCUT2D eigenvalue weighted by molar-refractivity contribution is 0.0556. The van der Waals surface area contributed by atoms with Crippen LogP contribution in [0.3, 0.4) is 0 Å². The predicted molar refractivity (Wildman–Crippen MR) is 82.6 cm³/mol. The Morgan fingerprint density at radius 1 is 1.25 bits per heavy atom. The largest absolute Gasteiger partial charge is 0.492 e. The van der Waals surface area contributed by atoms with E-state index >= 15 is 0 Å². The molecule has 104 valence electrons. The maximum Gasteiger partial charge on any atom is 0.137 e. The number of pyridine rings is 1. The fraction of sp³-hybridized carbons (Fsp3) is 0.312. The van der Waals surface area contributed by atoms with Crippen LogP contribution in [0.1, 0.15) is 5.56 Å². The van der Waals surface area contributed by atoms with Gasteiger partial charge in [-0.1, -0.05) is 28.1 Å². The zero-order valence-electron chi connectivity index (χ0n) is 11.2. The Labute approximate surface area is 127 Å². The number of hydrogen-bond donors (Lipinski definition) is 0. The smallest absolute Gasteiger partial charge is 0.137 e. The molecule has 0 unspecified atom stereocenters. The van der Waals surface area contributed by atoms with Gasteiger partial charge in [0.15, 0.2) is 0 Å². The average molecular weight is 333 g/mol. The van der Waals surface area contributed by atoms with E-state index in [9.17, 15) is 0 Å². The van der Waals surface area contributed by atoms with Gasteiger partial charge in [-0.25, -0.2) is 0 Å². The monoisotopic (exact) mass is 332 g/mol. The van der Waals surface area contributed by atoms with Gasteiger partial charge in [0.2, 0.25) is 0 Å². The summed E-state index contributed by atoms with van der Waals surface area (Å²) in [5, 5.41) is 0. The molecule has 0 N–H and O–H groups in total. The third-order valence-electron chi connectivity index (χ3n) is 3.45. The summed E-state index contributed by atoms with van der Waals surface area (Å²) in [5.41, 5.74) is 1.35. The Bertz CT molecular complexity index is 555. The number of halogens is 1. The van der Waals surface area contributed by atoms with Gasteiger partial charge in [-0.3, -0.25) is 9.88 Å². The minimum absolute atomic E-state index is 0.627. The molecule has 0 saturated carbocycles. The van der Waals surface area contributed by atoms with Gasteiger partial charge in [0.25, 0.3) is 0 Å². The van der Waals surface area contributed by atoms with Gasteiger partial charge >= 0.3 is 0 Å². The van der Waals surface area contributed by atoms with E-state index in [0.717, 1.165) is 36.5 Å². The summed E-state index contributed by atoms with van der Waals surface area (Å²) in [6, 6.07) is 12.3. The van der Waals surface area contributed by atoms with E-state index in [2.05, 4.69) is 50.1 Å². The molecule has 1 saturated heterocycles. The second-order valence-corrected chi connectivity index (χ2v) is 6.11. The van der Waals surface area contributed by atoms with Crippen molar-refractivity contribution < 1.29 is 4.74 Å². The van der Waals surface area contributed by atoms with Gasteiger partial charge in [-0.2, -0.15) is 0 Å². The molecule has 3 rings (SSSR count). The minimum atomic E-state index is 0.627. The van der Waals surface area contributed by atoms with E-state index in [1.54, 1.807) is 12.4 Å². The van der Waals surface area contributed by atoms with Crippen molar-refractivity contribution >= 4 is 15.9 Å². The first-order valence-corrected chi connectivity index (χ1v) is 7.58. The molecule has 1 aliphatic heterocycles. The van der Waals surface area contributed by atoms with Crippen LogP contribution >= 0.6 is 15.9 Å². The molecule has 4 heteroatoms. The molecule has 0 atom stereocenters. The third kappa shape index (κ3) is 3.58. The molecule has 1 aromatic heterocycles. The van der Waals surface area contributed by atoms with Crippen LogP contribution in [0.25, 0.3) is 0 Å². The van der Waals surface area contributed by atoms with E-state index < -0.39 is 0 Å². The summed E-state index contributed by atoms with van der Waals surface area (Å²) in [6.07, 6.45) is 3.52. The lowest BCUT2D eigenvalue weighted by atomic mass is 10.0. The molecule has 0 bridgehead atoms. The molecule has 2 heterocycles. The molecule has 20 heavy (non-hydrogen) atoms. The quantitative estimate of drug-likeness (QED) is 0.839. The van der Waals surface area contributed by atoms with Crippen molar-refractivity contribution in [2.75, 3.05) is 19.7 Å². The molecule has 1 fully saturated rings. The highest BCUT2D eigenvalue weighted by molar-refractivity contribution is 9.10. The van der Waals surface area contributed by atoms with Gasteiger partial charge in [0, 0.05) is 36.2 Å². The maximum absolute atomic E-state index is 5.73. The molecular formula is C16H17BrN2O. The fourth-order valence-corrected chi connectivity index (χ4v) is 2.90. The lowest BCUT2D eigenvalue weighted by Gasteiger charge is -2.39. The van der Waals surface area contributed by atoms with Crippen molar-refractivity contribution in [3.8, 4) is 5.75 Å². The summed E-state index contributed by atoms with van der Waals surface area (Å²) in [7, 11) is 0. The predicted octanol–water partition coefficient (Wildman–Crippen LogP) is 3.35. The Kier molecular flexibility index (Phi) is 4.33. The summed E-state index contributed by atoms with van der Waals surface area (Å²) >= 11 is 3.51. The molecule has 3 nitrogen and oxygen atoms in total. The highest BCUT2D eigenvalue weighted by Crippen LogP contribution is 2.21. The topological polar surface area (TPSA) is 25.4 Å². The van der Waals surface area contributed by atoms with Crippen molar-refractivity contribution in [2.45, 2.75) is 6.54 Å². The average Bonchev–Trinajstić information content (AvgIpc) is 2.42. The highest BCUT2D eigenvalue weighted by atomic mass is 79.9. The summed E-state index contributed by atoms with van der Waals surface area (Å²) in [6.45, 7) is 4.00. The molecule has 0 amide bonds. The zero-order chi connectivity index (χ0) is 13.8. The second-order valence-electron chi connectivity index (χ2n) is 5.19. The first-order valence-electron chi connectivity index (χ1n) is 6.79. The number of nitrogens with zero attached hydrogens (tertiary/aromatic N) is 2. The van der Waals surface area contributed by atoms with Gasteiger partial charge < -0.3 is 4.74 Å². The summed E-state index contributed by atoms with van der Waals surface area (Å²) in [5.74, 6) is 1.49. The van der Waals surface area contributed by atoms with Gasteiger partial charge in [-0.15, -0.1) is 0 Å².